The zero-order valence-electron chi connectivity index (χ0n) is 18.2. The first kappa shape index (κ1) is 23.4. The number of carbonyl (C=O) groups excluding carboxylic acids is 1. The Morgan fingerprint density at radius 1 is 0.968 bits per heavy atom. The van der Waals surface area contributed by atoms with Crippen LogP contribution in [-0.2, 0) is 24.7 Å². The van der Waals surface area contributed by atoms with Crippen LogP contribution in [0.1, 0.15) is 29.5 Å². The molecule has 1 heterocycles. The first-order valence-corrected chi connectivity index (χ1v) is 13.4. The van der Waals surface area contributed by atoms with Gasteiger partial charge in [0.15, 0.2) is 9.84 Å². The number of piperidine rings is 1. The molecule has 0 spiro atoms. The molecule has 9 heteroatoms. The second kappa shape index (κ2) is 8.72. The first-order valence-electron chi connectivity index (χ1n) is 10.1. The normalized spacial score (nSPS) is 16.3. The van der Waals surface area contributed by atoms with Crippen LogP contribution in [0.5, 0.6) is 0 Å². The van der Waals surface area contributed by atoms with Crippen molar-refractivity contribution >= 4 is 31.5 Å². The molecule has 0 radical (unpaired) electrons. The summed E-state index contributed by atoms with van der Waals surface area (Å²) in [6, 6.07) is 9.98. The van der Waals surface area contributed by atoms with Crippen LogP contribution in [0.3, 0.4) is 0 Å². The summed E-state index contributed by atoms with van der Waals surface area (Å²) >= 11 is 0. The van der Waals surface area contributed by atoms with Gasteiger partial charge in [0.2, 0.25) is 15.9 Å². The molecule has 31 heavy (non-hydrogen) atoms. The second-order valence-corrected chi connectivity index (χ2v) is 12.0. The average molecular weight is 465 g/mol. The Hall–Kier alpha value is -2.23. The fraction of sp³-hybridized carbons (Fsp3) is 0.409. The number of para-hydroxylation sites is 1. The molecule has 0 unspecified atom stereocenters. The third kappa shape index (κ3) is 4.99. The van der Waals surface area contributed by atoms with Gasteiger partial charge < -0.3 is 5.32 Å². The maximum atomic E-state index is 13.2. The molecule has 3 rings (SSSR count). The van der Waals surface area contributed by atoms with Gasteiger partial charge in [-0.15, -0.1) is 0 Å². The Bertz CT molecular complexity index is 1190. The van der Waals surface area contributed by atoms with Crippen LogP contribution in [0.15, 0.2) is 46.2 Å². The van der Waals surface area contributed by atoms with Crippen molar-refractivity contribution in [3.05, 3.63) is 53.1 Å². The van der Waals surface area contributed by atoms with Crippen molar-refractivity contribution in [1.29, 1.82) is 0 Å². The van der Waals surface area contributed by atoms with E-state index in [9.17, 15) is 21.6 Å². The number of aryl methyl sites for hydroxylation is 3. The van der Waals surface area contributed by atoms with Crippen LogP contribution < -0.4 is 5.32 Å². The molecule has 1 fully saturated rings. The number of carbonyl (C=O) groups is 1. The number of sulfone groups is 1. The summed E-state index contributed by atoms with van der Waals surface area (Å²) in [7, 11) is -7.13. The Morgan fingerprint density at radius 2 is 1.52 bits per heavy atom. The van der Waals surface area contributed by atoms with E-state index in [4.69, 9.17) is 0 Å². The number of amides is 1. The maximum Gasteiger partial charge on any atom is 0.243 e. The Labute approximate surface area is 184 Å². The smallest absolute Gasteiger partial charge is 0.243 e. The summed E-state index contributed by atoms with van der Waals surface area (Å²) in [4.78, 5) is 13.1. The lowest BCUT2D eigenvalue weighted by atomic mass is 9.97. The summed E-state index contributed by atoms with van der Waals surface area (Å²) in [6.45, 7) is 6.00. The molecule has 7 nitrogen and oxygen atoms in total. The monoisotopic (exact) mass is 464 g/mol. The first-order chi connectivity index (χ1) is 14.4. The topological polar surface area (TPSA) is 101 Å². The van der Waals surface area contributed by atoms with Crippen molar-refractivity contribution in [2.24, 2.45) is 5.92 Å². The Kier molecular flexibility index (Phi) is 6.59. The molecule has 1 aliphatic rings. The van der Waals surface area contributed by atoms with Gasteiger partial charge in [0, 0.05) is 25.3 Å². The molecule has 1 N–H and O–H groups in total. The number of nitrogens with zero attached hydrogens (tertiary/aromatic N) is 1. The van der Waals surface area contributed by atoms with Gasteiger partial charge in [-0.2, -0.15) is 4.31 Å². The van der Waals surface area contributed by atoms with Crippen molar-refractivity contribution in [2.45, 2.75) is 43.4 Å². The van der Waals surface area contributed by atoms with Crippen molar-refractivity contribution in [3.63, 3.8) is 0 Å². The number of anilines is 1. The molecule has 0 atom stereocenters. The van der Waals surface area contributed by atoms with Crippen molar-refractivity contribution in [3.8, 4) is 0 Å². The zero-order chi connectivity index (χ0) is 23.0. The molecule has 1 amide bonds. The number of rotatable bonds is 5. The average Bonchev–Trinajstić information content (AvgIpc) is 2.66. The van der Waals surface area contributed by atoms with Gasteiger partial charge >= 0.3 is 0 Å². The predicted octanol–water partition coefficient (Wildman–Crippen LogP) is 3.05. The largest absolute Gasteiger partial charge is 0.325 e. The number of nitrogens with one attached hydrogen (secondary N) is 1. The van der Waals surface area contributed by atoms with Crippen molar-refractivity contribution < 1.29 is 21.6 Å². The van der Waals surface area contributed by atoms with E-state index < -0.39 is 19.9 Å². The van der Waals surface area contributed by atoms with E-state index in [0.29, 0.717) is 17.7 Å². The SMILES string of the molecule is Cc1cc(C)c(S(=O)(=O)N2CCC(C(=O)Nc3ccccc3S(C)(=O)=O)CC2)c(C)c1. The highest BCUT2D eigenvalue weighted by Crippen LogP contribution is 2.30. The third-order valence-electron chi connectivity index (χ3n) is 5.57. The quantitative estimate of drug-likeness (QED) is 0.733. The van der Waals surface area contributed by atoms with E-state index in [1.165, 1.54) is 10.4 Å². The lowest BCUT2D eigenvalue weighted by Crippen LogP contribution is -2.41. The summed E-state index contributed by atoms with van der Waals surface area (Å²) in [5.74, 6) is -0.685. The molecule has 0 aliphatic carbocycles. The van der Waals surface area contributed by atoms with Gasteiger partial charge in [-0.05, 0) is 56.9 Å². The maximum absolute atomic E-state index is 13.2. The van der Waals surface area contributed by atoms with Crippen LogP contribution in [-0.4, -0.2) is 46.4 Å². The highest BCUT2D eigenvalue weighted by Gasteiger charge is 2.34. The minimum absolute atomic E-state index is 0.0636. The van der Waals surface area contributed by atoms with E-state index >= 15 is 0 Å². The van der Waals surface area contributed by atoms with Gasteiger partial charge in [0.05, 0.1) is 15.5 Å². The van der Waals surface area contributed by atoms with Crippen LogP contribution in [0, 0.1) is 26.7 Å². The van der Waals surface area contributed by atoms with Crippen LogP contribution >= 0.6 is 0 Å². The van der Waals surface area contributed by atoms with Crippen molar-refractivity contribution in [2.75, 3.05) is 24.7 Å². The molecule has 0 aromatic heterocycles. The molecule has 2 aromatic carbocycles. The van der Waals surface area contributed by atoms with E-state index in [2.05, 4.69) is 5.32 Å². The molecule has 2 aromatic rings. The van der Waals surface area contributed by atoms with Gasteiger partial charge in [0.1, 0.15) is 0 Å². The highest BCUT2D eigenvalue weighted by molar-refractivity contribution is 7.91. The summed E-state index contributed by atoms with van der Waals surface area (Å²) in [5, 5.41) is 2.71. The fourth-order valence-electron chi connectivity index (χ4n) is 4.19. The van der Waals surface area contributed by atoms with E-state index in [-0.39, 0.29) is 35.5 Å². The molecule has 168 valence electrons. The minimum Gasteiger partial charge on any atom is -0.325 e. The van der Waals surface area contributed by atoms with Crippen molar-refractivity contribution in [1.82, 2.24) is 4.31 Å². The Morgan fingerprint density at radius 3 is 2.06 bits per heavy atom. The summed E-state index contributed by atoms with van der Waals surface area (Å²) in [5.41, 5.74) is 2.69. The number of hydrogen-bond donors (Lipinski definition) is 1. The zero-order valence-corrected chi connectivity index (χ0v) is 19.8. The summed E-state index contributed by atoms with van der Waals surface area (Å²) < 4.78 is 51.8. The lowest BCUT2D eigenvalue weighted by Gasteiger charge is -2.31. The van der Waals surface area contributed by atoms with Crippen LogP contribution in [0.2, 0.25) is 0 Å². The van der Waals surface area contributed by atoms with Gasteiger partial charge in [0.25, 0.3) is 0 Å². The molecule has 0 bridgehead atoms. The number of sulfonamides is 1. The molecule has 0 saturated carbocycles. The Balaban J connectivity index is 1.72. The van der Waals surface area contributed by atoms with E-state index in [1.807, 2.05) is 19.1 Å². The van der Waals surface area contributed by atoms with Crippen LogP contribution in [0.4, 0.5) is 5.69 Å². The predicted molar refractivity (Wildman–Crippen MR) is 120 cm³/mol. The second-order valence-electron chi connectivity index (χ2n) is 8.16. The third-order valence-corrected chi connectivity index (χ3v) is 8.93. The van der Waals surface area contributed by atoms with Gasteiger partial charge in [-0.1, -0.05) is 29.8 Å². The van der Waals surface area contributed by atoms with Gasteiger partial charge in [-0.25, -0.2) is 16.8 Å². The molecular weight excluding hydrogens is 436 g/mol. The highest BCUT2D eigenvalue weighted by atomic mass is 32.2. The minimum atomic E-state index is -3.65. The van der Waals surface area contributed by atoms with Gasteiger partial charge in [-0.3, -0.25) is 4.79 Å². The number of benzene rings is 2. The van der Waals surface area contributed by atoms with E-state index in [1.54, 1.807) is 32.0 Å². The fourth-order valence-corrected chi connectivity index (χ4v) is 6.91. The number of hydrogen-bond acceptors (Lipinski definition) is 5. The molecule has 1 aliphatic heterocycles. The molecular formula is C22H28N2O5S2. The summed E-state index contributed by atoms with van der Waals surface area (Å²) in [6.07, 6.45) is 1.84. The van der Waals surface area contributed by atoms with E-state index in [0.717, 1.165) is 22.9 Å². The molecule has 1 saturated heterocycles. The lowest BCUT2D eigenvalue weighted by molar-refractivity contribution is -0.120. The standard InChI is InChI=1S/C22H28N2O5S2/c1-15-13-16(2)21(17(3)14-15)31(28,29)24-11-9-18(10-12-24)22(25)23-19-7-5-6-8-20(19)30(4,26)27/h5-8,13-14,18H,9-12H2,1-4H3,(H,23,25). The van der Waals surface area contributed by atoms with Crippen LogP contribution in [0.25, 0.3) is 0 Å².